The van der Waals surface area contributed by atoms with E-state index < -0.39 is 11.9 Å². The van der Waals surface area contributed by atoms with Crippen molar-refractivity contribution < 1.29 is 14.1 Å². The standard InChI is InChI=1S/C18H21ClN4O2S/c1-3-23(2)9-8-13-14(10-23)26-17(15(13)16(20)24)22-18(25)21-12-6-4-11(19)5-7-12/h4-7H,3,8-10H2,1-2H3,(H3-,20,21,22,24,25)/p+1. The molecule has 0 bridgehead atoms. The molecule has 8 heteroatoms. The Morgan fingerprint density at radius 1 is 1.27 bits per heavy atom. The molecule has 1 aliphatic rings. The second-order valence-corrected chi connectivity index (χ2v) is 8.27. The van der Waals surface area contributed by atoms with Gasteiger partial charge in [-0.3, -0.25) is 10.1 Å². The zero-order valence-corrected chi connectivity index (χ0v) is 16.3. The van der Waals surface area contributed by atoms with Crippen LogP contribution in [0.4, 0.5) is 15.5 Å². The smallest absolute Gasteiger partial charge is 0.324 e. The minimum Gasteiger partial charge on any atom is -0.365 e. The third kappa shape index (κ3) is 3.85. The Morgan fingerprint density at radius 3 is 2.58 bits per heavy atom. The summed E-state index contributed by atoms with van der Waals surface area (Å²) in [5.41, 5.74) is 7.64. The van der Waals surface area contributed by atoms with Crippen LogP contribution in [0.2, 0.25) is 5.02 Å². The van der Waals surface area contributed by atoms with E-state index in [1.54, 1.807) is 24.3 Å². The molecule has 26 heavy (non-hydrogen) atoms. The van der Waals surface area contributed by atoms with Crippen molar-refractivity contribution in [1.82, 2.24) is 0 Å². The van der Waals surface area contributed by atoms with Crippen molar-refractivity contribution in [2.24, 2.45) is 5.73 Å². The maximum absolute atomic E-state index is 12.3. The van der Waals surface area contributed by atoms with E-state index >= 15 is 0 Å². The van der Waals surface area contributed by atoms with Crippen molar-refractivity contribution >= 4 is 45.6 Å². The molecule has 0 aliphatic carbocycles. The zero-order valence-electron chi connectivity index (χ0n) is 14.8. The van der Waals surface area contributed by atoms with Gasteiger partial charge < -0.3 is 15.5 Å². The molecular weight excluding hydrogens is 372 g/mol. The lowest BCUT2D eigenvalue weighted by atomic mass is 10.0. The van der Waals surface area contributed by atoms with Gasteiger partial charge in [0.2, 0.25) is 0 Å². The van der Waals surface area contributed by atoms with Gasteiger partial charge in [-0.15, -0.1) is 11.3 Å². The van der Waals surface area contributed by atoms with Crippen molar-refractivity contribution in [2.45, 2.75) is 19.9 Å². The average Bonchev–Trinajstić information content (AvgIpc) is 2.93. The number of thiophene rings is 1. The number of nitrogens with one attached hydrogen (secondary N) is 2. The molecule has 0 saturated carbocycles. The van der Waals surface area contributed by atoms with E-state index in [1.165, 1.54) is 11.3 Å². The third-order valence-electron chi connectivity index (χ3n) is 4.86. The van der Waals surface area contributed by atoms with Crippen LogP contribution in [0, 0.1) is 0 Å². The normalized spacial score (nSPS) is 18.9. The van der Waals surface area contributed by atoms with Crippen LogP contribution in [0.25, 0.3) is 0 Å². The first-order valence-corrected chi connectivity index (χ1v) is 9.62. The van der Waals surface area contributed by atoms with Crippen LogP contribution >= 0.6 is 22.9 Å². The number of halogens is 1. The van der Waals surface area contributed by atoms with E-state index in [-0.39, 0.29) is 0 Å². The molecule has 3 rings (SSSR count). The summed E-state index contributed by atoms with van der Waals surface area (Å²) in [5.74, 6) is -0.503. The molecule has 0 saturated heterocycles. The maximum atomic E-state index is 12.3. The predicted octanol–water partition coefficient (Wildman–Crippen LogP) is 3.67. The quantitative estimate of drug-likeness (QED) is 0.692. The number of amides is 3. The number of urea groups is 1. The molecule has 1 aliphatic heterocycles. The van der Waals surface area contributed by atoms with Gasteiger partial charge in [0.05, 0.1) is 30.6 Å². The molecule has 2 aromatic rings. The fourth-order valence-corrected chi connectivity index (χ4v) is 4.67. The van der Waals surface area contributed by atoms with E-state index in [4.69, 9.17) is 17.3 Å². The van der Waals surface area contributed by atoms with Crippen LogP contribution in [0.15, 0.2) is 24.3 Å². The minimum absolute atomic E-state index is 0.416. The number of benzene rings is 1. The Kier molecular flexibility index (Phi) is 5.22. The number of likely N-dealkylation sites (N-methyl/N-ethyl adjacent to an activating group) is 1. The van der Waals surface area contributed by atoms with E-state index in [0.29, 0.717) is 21.3 Å². The average molecular weight is 394 g/mol. The predicted molar refractivity (Wildman–Crippen MR) is 106 cm³/mol. The first kappa shape index (κ1) is 18.7. The summed E-state index contributed by atoms with van der Waals surface area (Å²) < 4.78 is 0.919. The van der Waals surface area contributed by atoms with Gasteiger partial charge in [0.25, 0.3) is 5.91 Å². The van der Waals surface area contributed by atoms with E-state index in [9.17, 15) is 9.59 Å². The second-order valence-electron chi connectivity index (χ2n) is 6.73. The molecule has 2 heterocycles. The number of fused-ring (bicyclic) bond motifs is 1. The van der Waals surface area contributed by atoms with Gasteiger partial charge in [-0.05, 0) is 36.8 Å². The number of hydrogen-bond acceptors (Lipinski definition) is 3. The van der Waals surface area contributed by atoms with Crippen LogP contribution in [0.3, 0.4) is 0 Å². The highest BCUT2D eigenvalue weighted by molar-refractivity contribution is 7.17. The topological polar surface area (TPSA) is 84.2 Å². The highest BCUT2D eigenvalue weighted by Gasteiger charge is 2.33. The Bertz CT molecular complexity index is 850. The molecule has 0 spiro atoms. The summed E-state index contributed by atoms with van der Waals surface area (Å²) in [7, 11) is 2.20. The number of carbonyl (C=O) groups is 2. The lowest BCUT2D eigenvalue weighted by Crippen LogP contribution is -2.47. The molecular formula is C18H22ClN4O2S+. The Morgan fingerprint density at radius 2 is 1.96 bits per heavy atom. The number of carbonyl (C=O) groups excluding carboxylic acids is 2. The third-order valence-corrected chi connectivity index (χ3v) is 6.24. The summed E-state index contributed by atoms with van der Waals surface area (Å²) in [6.45, 7) is 4.98. The number of hydrogen-bond donors (Lipinski definition) is 3. The Balaban J connectivity index is 1.82. The van der Waals surface area contributed by atoms with Crippen LogP contribution in [-0.4, -0.2) is 36.6 Å². The van der Waals surface area contributed by atoms with Gasteiger partial charge in [0.15, 0.2) is 0 Å². The first-order valence-electron chi connectivity index (χ1n) is 8.43. The minimum atomic E-state index is -0.503. The first-order chi connectivity index (χ1) is 12.3. The number of primary amides is 1. The molecule has 1 unspecified atom stereocenters. The summed E-state index contributed by atoms with van der Waals surface area (Å²) in [5, 5.41) is 6.62. The second kappa shape index (κ2) is 7.26. The van der Waals surface area contributed by atoms with Crippen molar-refractivity contribution in [2.75, 3.05) is 30.8 Å². The zero-order chi connectivity index (χ0) is 18.9. The van der Waals surface area contributed by atoms with Crippen LogP contribution in [0.5, 0.6) is 0 Å². The fourth-order valence-electron chi connectivity index (χ4n) is 3.13. The molecule has 4 N–H and O–H groups in total. The molecule has 1 aromatic heterocycles. The molecule has 3 amide bonds. The number of nitrogens with zero attached hydrogens (tertiary/aromatic N) is 1. The van der Waals surface area contributed by atoms with E-state index in [2.05, 4.69) is 24.6 Å². The van der Waals surface area contributed by atoms with Gasteiger partial charge in [-0.2, -0.15) is 0 Å². The number of rotatable bonds is 4. The van der Waals surface area contributed by atoms with E-state index in [0.717, 1.165) is 41.0 Å². The molecule has 1 aromatic carbocycles. The van der Waals surface area contributed by atoms with Crippen molar-refractivity contribution in [1.29, 1.82) is 0 Å². The summed E-state index contributed by atoms with van der Waals surface area (Å²) in [4.78, 5) is 25.5. The highest BCUT2D eigenvalue weighted by Crippen LogP contribution is 2.38. The van der Waals surface area contributed by atoms with Gasteiger partial charge in [-0.25, -0.2) is 4.79 Å². The molecule has 138 valence electrons. The SMILES string of the molecule is CC[N+]1(C)CCc2c(sc(NC(=O)Nc3ccc(Cl)cc3)c2C(N)=O)C1. The number of quaternary nitrogens is 1. The van der Waals surface area contributed by atoms with Crippen molar-refractivity contribution in [3.8, 4) is 0 Å². The Hall–Kier alpha value is -2.09. The number of anilines is 2. The Labute approximate surface area is 161 Å². The van der Waals surface area contributed by atoms with Crippen molar-refractivity contribution in [3.05, 3.63) is 45.3 Å². The molecule has 1 atom stereocenters. The van der Waals surface area contributed by atoms with Gasteiger partial charge in [-0.1, -0.05) is 11.6 Å². The molecule has 6 nitrogen and oxygen atoms in total. The lowest BCUT2D eigenvalue weighted by molar-refractivity contribution is -0.922. The largest absolute Gasteiger partial charge is 0.365 e. The van der Waals surface area contributed by atoms with Gasteiger partial charge in [0.1, 0.15) is 11.5 Å². The summed E-state index contributed by atoms with van der Waals surface area (Å²) >= 11 is 7.29. The number of nitrogens with two attached hydrogens (primary N) is 1. The van der Waals surface area contributed by atoms with E-state index in [1.807, 2.05) is 0 Å². The van der Waals surface area contributed by atoms with Gasteiger partial charge in [0, 0.05) is 17.1 Å². The molecule has 0 radical (unpaired) electrons. The van der Waals surface area contributed by atoms with Crippen molar-refractivity contribution in [3.63, 3.8) is 0 Å². The summed E-state index contributed by atoms with van der Waals surface area (Å²) in [6.07, 6.45) is 0.787. The van der Waals surface area contributed by atoms with Gasteiger partial charge >= 0.3 is 6.03 Å². The maximum Gasteiger partial charge on any atom is 0.324 e. The monoisotopic (exact) mass is 393 g/mol. The van der Waals surface area contributed by atoms with Crippen LogP contribution in [-0.2, 0) is 13.0 Å². The lowest BCUT2D eigenvalue weighted by Gasteiger charge is -2.36. The fraction of sp³-hybridized carbons (Fsp3) is 0.333. The van der Waals surface area contributed by atoms with Crippen LogP contribution in [0.1, 0.15) is 27.7 Å². The molecule has 0 fully saturated rings. The van der Waals surface area contributed by atoms with Crippen LogP contribution < -0.4 is 16.4 Å². The summed E-state index contributed by atoms with van der Waals surface area (Å²) in [6, 6.07) is 6.39. The highest BCUT2D eigenvalue weighted by atomic mass is 35.5.